The van der Waals surface area contributed by atoms with Crippen LogP contribution in [-0.4, -0.2) is 23.3 Å². The van der Waals surface area contributed by atoms with E-state index >= 15 is 0 Å². The lowest BCUT2D eigenvalue weighted by atomic mass is 10.1. The summed E-state index contributed by atoms with van der Waals surface area (Å²) in [5, 5.41) is 2.82. The second kappa shape index (κ2) is 6.20. The third-order valence-corrected chi connectivity index (χ3v) is 4.23. The number of aryl methyl sites for hydroxylation is 2. The van der Waals surface area contributed by atoms with Gasteiger partial charge in [0.25, 0.3) is 0 Å². The highest BCUT2D eigenvalue weighted by molar-refractivity contribution is 6.03. The lowest BCUT2D eigenvalue weighted by molar-refractivity contribution is -0.122. The van der Waals surface area contributed by atoms with E-state index in [9.17, 15) is 9.59 Å². The van der Waals surface area contributed by atoms with E-state index in [-0.39, 0.29) is 24.2 Å². The van der Waals surface area contributed by atoms with Crippen molar-refractivity contribution < 1.29 is 9.59 Å². The fraction of sp³-hybridized carbons (Fsp3) is 0.278. The molecule has 1 aliphatic rings. The van der Waals surface area contributed by atoms with Gasteiger partial charge in [-0.25, -0.2) is 0 Å². The molecule has 3 rings (SSSR count). The zero-order valence-electron chi connectivity index (χ0n) is 13.2. The average Bonchev–Trinajstić information content (AvgIpc) is 2.93. The smallest absolute Gasteiger partial charge is 0.229 e. The highest BCUT2D eigenvalue weighted by atomic mass is 16.2. The summed E-state index contributed by atoms with van der Waals surface area (Å²) in [6.45, 7) is 4.47. The first kappa shape index (κ1) is 15.2. The molecule has 1 fully saturated rings. The third kappa shape index (κ3) is 3.23. The van der Waals surface area contributed by atoms with Crippen LogP contribution in [0.4, 0.5) is 11.4 Å². The van der Waals surface area contributed by atoms with E-state index < -0.39 is 0 Å². The van der Waals surface area contributed by atoms with Gasteiger partial charge in [-0.15, -0.1) is 0 Å². The van der Waals surface area contributed by atoms with Crippen LogP contribution in [0.5, 0.6) is 0 Å². The normalized spacial score (nSPS) is 17.4. The van der Waals surface area contributed by atoms with Crippen LogP contribution < -0.4 is 10.2 Å². The van der Waals surface area contributed by atoms with Gasteiger partial charge in [-0.2, -0.15) is 0 Å². The standard InChI is InChI=1S/C18H19N3O2/c1-12-5-6-16(8-13(12)2)21-11-14(9-17(21)22)18(23)20-15-4-3-7-19-10-15/h3-8,10,14H,9,11H2,1-2H3,(H,20,23)/t14-/m0/s1. The van der Waals surface area contributed by atoms with Crippen molar-refractivity contribution >= 4 is 23.2 Å². The predicted molar refractivity (Wildman–Crippen MR) is 89.2 cm³/mol. The quantitative estimate of drug-likeness (QED) is 0.948. The Morgan fingerprint density at radius 1 is 1.26 bits per heavy atom. The zero-order valence-corrected chi connectivity index (χ0v) is 13.2. The van der Waals surface area contributed by atoms with E-state index in [0.29, 0.717) is 12.2 Å². The molecule has 0 radical (unpaired) electrons. The number of hydrogen-bond donors (Lipinski definition) is 1. The molecule has 1 atom stereocenters. The minimum absolute atomic E-state index is 0.0143. The van der Waals surface area contributed by atoms with Crippen LogP contribution in [0.2, 0.25) is 0 Å². The van der Waals surface area contributed by atoms with E-state index in [1.54, 1.807) is 29.4 Å². The van der Waals surface area contributed by atoms with E-state index in [2.05, 4.69) is 10.3 Å². The molecule has 2 amide bonds. The largest absolute Gasteiger partial charge is 0.324 e. The molecule has 1 aromatic heterocycles. The molecule has 0 saturated carbocycles. The Morgan fingerprint density at radius 3 is 2.78 bits per heavy atom. The van der Waals surface area contributed by atoms with Crippen LogP contribution >= 0.6 is 0 Å². The Morgan fingerprint density at radius 2 is 2.09 bits per heavy atom. The molecule has 0 spiro atoms. The minimum atomic E-state index is -0.343. The maximum atomic E-state index is 12.3. The van der Waals surface area contributed by atoms with Gasteiger partial charge in [0, 0.05) is 24.8 Å². The van der Waals surface area contributed by atoms with Crippen molar-refractivity contribution in [3.05, 3.63) is 53.9 Å². The van der Waals surface area contributed by atoms with Gasteiger partial charge < -0.3 is 10.2 Å². The fourth-order valence-corrected chi connectivity index (χ4v) is 2.71. The second-order valence-corrected chi connectivity index (χ2v) is 5.90. The number of aromatic nitrogens is 1. The number of nitrogens with zero attached hydrogens (tertiary/aromatic N) is 2. The second-order valence-electron chi connectivity index (χ2n) is 5.90. The van der Waals surface area contributed by atoms with Crippen molar-refractivity contribution in [3.63, 3.8) is 0 Å². The first-order valence-electron chi connectivity index (χ1n) is 7.63. The molecule has 1 saturated heterocycles. The van der Waals surface area contributed by atoms with Gasteiger partial charge in [0.2, 0.25) is 11.8 Å². The number of carbonyl (C=O) groups is 2. The van der Waals surface area contributed by atoms with E-state index in [1.165, 1.54) is 5.56 Å². The summed E-state index contributed by atoms with van der Waals surface area (Å²) in [4.78, 5) is 30.3. The fourth-order valence-electron chi connectivity index (χ4n) is 2.71. The number of pyridine rings is 1. The SMILES string of the molecule is Cc1ccc(N2C[C@@H](C(=O)Nc3cccnc3)CC2=O)cc1C. The molecule has 1 aliphatic heterocycles. The number of carbonyl (C=O) groups excluding carboxylic acids is 2. The number of benzene rings is 1. The molecule has 118 valence electrons. The first-order valence-corrected chi connectivity index (χ1v) is 7.63. The molecule has 2 aromatic rings. The number of amides is 2. The third-order valence-electron chi connectivity index (χ3n) is 4.23. The maximum absolute atomic E-state index is 12.3. The topological polar surface area (TPSA) is 62.3 Å². The average molecular weight is 309 g/mol. The summed E-state index contributed by atoms with van der Waals surface area (Å²) in [6, 6.07) is 9.47. The summed E-state index contributed by atoms with van der Waals surface area (Å²) in [7, 11) is 0. The molecular weight excluding hydrogens is 290 g/mol. The number of anilines is 2. The molecule has 0 bridgehead atoms. The van der Waals surface area contributed by atoms with Gasteiger partial charge in [-0.05, 0) is 49.2 Å². The van der Waals surface area contributed by atoms with Crippen LogP contribution in [0.25, 0.3) is 0 Å². The lowest BCUT2D eigenvalue weighted by Crippen LogP contribution is -2.28. The molecular formula is C18H19N3O2. The summed E-state index contributed by atoms with van der Waals surface area (Å²) in [5.74, 6) is -0.499. The molecule has 0 unspecified atom stereocenters. The summed E-state index contributed by atoms with van der Waals surface area (Å²) in [6.07, 6.45) is 3.48. The zero-order chi connectivity index (χ0) is 16.4. The van der Waals surface area contributed by atoms with E-state index in [4.69, 9.17) is 0 Å². The van der Waals surface area contributed by atoms with E-state index in [0.717, 1.165) is 11.3 Å². The Bertz CT molecular complexity index is 743. The van der Waals surface area contributed by atoms with Crippen LogP contribution in [0, 0.1) is 19.8 Å². The van der Waals surface area contributed by atoms with E-state index in [1.807, 2.05) is 32.0 Å². The summed E-state index contributed by atoms with van der Waals surface area (Å²) < 4.78 is 0. The minimum Gasteiger partial charge on any atom is -0.324 e. The van der Waals surface area contributed by atoms with Crippen molar-refractivity contribution in [2.24, 2.45) is 5.92 Å². The Kier molecular flexibility index (Phi) is 4.10. The van der Waals surface area contributed by atoms with Crippen LogP contribution in [0.3, 0.4) is 0 Å². The monoisotopic (exact) mass is 309 g/mol. The van der Waals surface area contributed by atoms with Gasteiger partial charge in [0.1, 0.15) is 0 Å². The van der Waals surface area contributed by atoms with Crippen molar-refractivity contribution in [1.29, 1.82) is 0 Å². The number of rotatable bonds is 3. The lowest BCUT2D eigenvalue weighted by Gasteiger charge is -2.18. The van der Waals surface area contributed by atoms with Crippen molar-refractivity contribution in [2.45, 2.75) is 20.3 Å². The highest BCUT2D eigenvalue weighted by Crippen LogP contribution is 2.27. The molecule has 1 aromatic carbocycles. The molecule has 5 heteroatoms. The van der Waals surface area contributed by atoms with Gasteiger partial charge in [0.15, 0.2) is 0 Å². The molecule has 0 aliphatic carbocycles. The Labute approximate surface area is 135 Å². The summed E-state index contributed by atoms with van der Waals surface area (Å²) in [5.41, 5.74) is 3.83. The molecule has 5 nitrogen and oxygen atoms in total. The van der Waals surface area contributed by atoms with Gasteiger partial charge in [0.05, 0.1) is 17.8 Å². The van der Waals surface area contributed by atoms with Crippen molar-refractivity contribution in [2.75, 3.05) is 16.8 Å². The van der Waals surface area contributed by atoms with Gasteiger partial charge in [-0.3, -0.25) is 14.6 Å². The van der Waals surface area contributed by atoms with Crippen LogP contribution in [-0.2, 0) is 9.59 Å². The Hall–Kier alpha value is -2.69. The maximum Gasteiger partial charge on any atom is 0.229 e. The Balaban J connectivity index is 1.71. The number of nitrogens with one attached hydrogen (secondary N) is 1. The van der Waals surface area contributed by atoms with Crippen LogP contribution in [0.1, 0.15) is 17.5 Å². The molecule has 23 heavy (non-hydrogen) atoms. The predicted octanol–water partition coefficient (Wildman–Crippen LogP) is 2.69. The number of hydrogen-bond acceptors (Lipinski definition) is 3. The molecule has 1 N–H and O–H groups in total. The van der Waals surface area contributed by atoms with Gasteiger partial charge >= 0.3 is 0 Å². The summed E-state index contributed by atoms with van der Waals surface area (Å²) >= 11 is 0. The van der Waals surface area contributed by atoms with Crippen LogP contribution in [0.15, 0.2) is 42.7 Å². The molecule has 2 heterocycles. The van der Waals surface area contributed by atoms with Gasteiger partial charge in [-0.1, -0.05) is 6.07 Å². The van der Waals surface area contributed by atoms with Crippen molar-refractivity contribution in [1.82, 2.24) is 4.98 Å². The first-order chi connectivity index (χ1) is 11.0. The highest BCUT2D eigenvalue weighted by Gasteiger charge is 2.35. The van der Waals surface area contributed by atoms with Crippen molar-refractivity contribution in [3.8, 4) is 0 Å².